The Kier molecular flexibility index (Phi) is 10.1. The van der Waals surface area contributed by atoms with Crippen molar-refractivity contribution in [1.29, 1.82) is 0 Å². The Morgan fingerprint density at radius 2 is 1.53 bits per heavy atom. The summed E-state index contributed by atoms with van der Waals surface area (Å²) in [5.41, 5.74) is 2.73. The van der Waals surface area contributed by atoms with E-state index in [0.29, 0.717) is 5.02 Å². The minimum Gasteiger partial charge on any atom is -0.352 e. The Morgan fingerprint density at radius 3 is 2.13 bits per heavy atom. The van der Waals surface area contributed by atoms with Crippen molar-refractivity contribution in [3.8, 4) is 0 Å². The largest absolute Gasteiger partial charge is 0.352 e. The van der Waals surface area contributed by atoms with Gasteiger partial charge in [0, 0.05) is 31.1 Å². The Morgan fingerprint density at radius 1 is 0.921 bits per heavy atom. The summed E-state index contributed by atoms with van der Waals surface area (Å²) in [6, 6.07) is 21.9. The monoisotopic (exact) mass is 555 g/mol. The second-order valence-corrected chi connectivity index (χ2v) is 12.0. The summed E-state index contributed by atoms with van der Waals surface area (Å²) in [5.74, 6) is -0.776. The number of rotatable bonds is 11. The van der Waals surface area contributed by atoms with Crippen molar-refractivity contribution in [2.24, 2.45) is 0 Å². The van der Waals surface area contributed by atoms with Gasteiger partial charge in [-0.25, -0.2) is 8.42 Å². The standard InChI is InChI=1S/C29H34ClN3O4S/c1-21(2)31-29(35)27(18-23-11-6-5-7-12-23)33(19-24-13-9-8-10-22(24)3)28(34)20-32(4)38(36,37)26-16-14-25(30)15-17-26/h5-17,21,27H,18-20H2,1-4H3,(H,31,35)/t27-/m1/s1. The quantitative estimate of drug-likeness (QED) is 0.379. The number of nitrogens with one attached hydrogen (secondary N) is 1. The molecule has 0 heterocycles. The topological polar surface area (TPSA) is 86.8 Å². The van der Waals surface area contributed by atoms with Crippen LogP contribution in [0.15, 0.2) is 83.8 Å². The Labute approximate surface area is 230 Å². The molecule has 3 rings (SSSR count). The minimum atomic E-state index is -3.96. The van der Waals surface area contributed by atoms with E-state index in [2.05, 4.69) is 5.32 Å². The molecule has 0 saturated carbocycles. The predicted molar refractivity (Wildman–Crippen MR) is 150 cm³/mol. The van der Waals surface area contributed by atoms with Crippen LogP contribution in [0.1, 0.15) is 30.5 Å². The number of benzene rings is 3. The van der Waals surface area contributed by atoms with E-state index < -0.39 is 28.5 Å². The number of hydrogen-bond acceptors (Lipinski definition) is 4. The van der Waals surface area contributed by atoms with Crippen LogP contribution in [0.2, 0.25) is 5.02 Å². The summed E-state index contributed by atoms with van der Waals surface area (Å²) in [4.78, 5) is 28.8. The zero-order chi connectivity index (χ0) is 27.9. The van der Waals surface area contributed by atoms with Crippen LogP contribution in [0.3, 0.4) is 0 Å². The lowest BCUT2D eigenvalue weighted by molar-refractivity contribution is -0.141. The molecule has 0 aliphatic carbocycles. The van der Waals surface area contributed by atoms with E-state index in [0.717, 1.165) is 21.0 Å². The first-order valence-electron chi connectivity index (χ1n) is 12.4. The molecule has 0 aliphatic rings. The normalized spacial score (nSPS) is 12.4. The van der Waals surface area contributed by atoms with Gasteiger partial charge in [0.05, 0.1) is 11.4 Å². The number of carbonyl (C=O) groups excluding carboxylic acids is 2. The number of hydrogen-bond donors (Lipinski definition) is 1. The molecule has 0 radical (unpaired) electrons. The van der Waals surface area contributed by atoms with Crippen molar-refractivity contribution in [2.75, 3.05) is 13.6 Å². The van der Waals surface area contributed by atoms with E-state index >= 15 is 0 Å². The van der Waals surface area contributed by atoms with Crippen LogP contribution in [0.5, 0.6) is 0 Å². The van der Waals surface area contributed by atoms with E-state index in [4.69, 9.17) is 11.6 Å². The lowest BCUT2D eigenvalue weighted by atomic mass is 10.0. The molecule has 0 spiro atoms. The highest BCUT2D eigenvalue weighted by Crippen LogP contribution is 2.20. The van der Waals surface area contributed by atoms with Crippen molar-refractivity contribution in [3.05, 3.63) is 101 Å². The zero-order valence-corrected chi connectivity index (χ0v) is 23.7. The molecule has 0 aliphatic heterocycles. The highest BCUT2D eigenvalue weighted by Gasteiger charge is 2.33. The summed E-state index contributed by atoms with van der Waals surface area (Å²) >= 11 is 5.92. The van der Waals surface area contributed by atoms with Gasteiger partial charge in [0.25, 0.3) is 0 Å². The number of sulfonamides is 1. The second-order valence-electron chi connectivity index (χ2n) is 9.53. The van der Waals surface area contributed by atoms with E-state index in [1.807, 2.05) is 75.4 Å². The Hall–Kier alpha value is -3.20. The maximum absolute atomic E-state index is 13.8. The van der Waals surface area contributed by atoms with Crippen LogP contribution in [0.4, 0.5) is 0 Å². The fourth-order valence-electron chi connectivity index (χ4n) is 4.06. The molecule has 7 nitrogen and oxygen atoms in total. The highest BCUT2D eigenvalue weighted by molar-refractivity contribution is 7.89. The molecule has 2 amide bonds. The van der Waals surface area contributed by atoms with Crippen LogP contribution in [0.25, 0.3) is 0 Å². The third-order valence-electron chi connectivity index (χ3n) is 6.18. The van der Waals surface area contributed by atoms with Crippen molar-refractivity contribution >= 4 is 33.4 Å². The van der Waals surface area contributed by atoms with Gasteiger partial charge in [-0.15, -0.1) is 0 Å². The maximum Gasteiger partial charge on any atom is 0.243 e. The first-order valence-corrected chi connectivity index (χ1v) is 14.2. The second kappa shape index (κ2) is 13.0. The van der Waals surface area contributed by atoms with E-state index in [9.17, 15) is 18.0 Å². The number of nitrogens with zero attached hydrogens (tertiary/aromatic N) is 2. The average molecular weight is 556 g/mol. The first kappa shape index (κ1) is 29.4. The molecular formula is C29H34ClN3O4S. The van der Waals surface area contributed by atoms with Gasteiger partial charge in [0.1, 0.15) is 6.04 Å². The van der Waals surface area contributed by atoms with Gasteiger partial charge in [0.2, 0.25) is 21.8 Å². The molecular weight excluding hydrogens is 522 g/mol. The molecule has 9 heteroatoms. The van der Waals surface area contributed by atoms with Gasteiger partial charge in [-0.2, -0.15) is 4.31 Å². The van der Waals surface area contributed by atoms with Gasteiger partial charge in [-0.05, 0) is 61.7 Å². The average Bonchev–Trinajstić information content (AvgIpc) is 2.87. The van der Waals surface area contributed by atoms with Crippen LogP contribution in [-0.2, 0) is 32.6 Å². The molecule has 0 aromatic heterocycles. The number of aryl methyl sites for hydroxylation is 1. The molecule has 202 valence electrons. The fourth-order valence-corrected chi connectivity index (χ4v) is 5.30. The molecule has 38 heavy (non-hydrogen) atoms. The maximum atomic E-state index is 13.8. The van der Waals surface area contributed by atoms with Gasteiger partial charge < -0.3 is 10.2 Å². The minimum absolute atomic E-state index is 0.0287. The summed E-state index contributed by atoms with van der Waals surface area (Å²) in [6.07, 6.45) is 0.282. The number of likely N-dealkylation sites (N-methyl/N-ethyl adjacent to an activating group) is 1. The van der Waals surface area contributed by atoms with E-state index in [-0.39, 0.29) is 29.8 Å². The van der Waals surface area contributed by atoms with Gasteiger partial charge in [0.15, 0.2) is 0 Å². The molecule has 3 aromatic carbocycles. The summed E-state index contributed by atoms with van der Waals surface area (Å²) in [6.45, 7) is 5.38. The predicted octanol–water partition coefficient (Wildman–Crippen LogP) is 4.43. The fraction of sp³-hybridized carbons (Fsp3) is 0.310. The Balaban J connectivity index is 1.98. The molecule has 0 saturated heterocycles. The summed E-state index contributed by atoms with van der Waals surface area (Å²) in [7, 11) is -2.61. The van der Waals surface area contributed by atoms with Crippen molar-refractivity contribution in [1.82, 2.24) is 14.5 Å². The van der Waals surface area contributed by atoms with Crippen LogP contribution < -0.4 is 5.32 Å². The number of halogens is 1. The molecule has 1 atom stereocenters. The molecule has 3 aromatic rings. The SMILES string of the molecule is Cc1ccccc1CN(C(=O)CN(C)S(=O)(=O)c1ccc(Cl)cc1)[C@H](Cc1ccccc1)C(=O)NC(C)C. The van der Waals surface area contributed by atoms with Crippen molar-refractivity contribution < 1.29 is 18.0 Å². The molecule has 1 N–H and O–H groups in total. The summed E-state index contributed by atoms with van der Waals surface area (Å²) < 4.78 is 27.4. The third-order valence-corrected chi connectivity index (χ3v) is 8.25. The van der Waals surface area contributed by atoms with Crippen molar-refractivity contribution in [2.45, 2.75) is 50.7 Å². The van der Waals surface area contributed by atoms with Gasteiger partial charge in [-0.3, -0.25) is 9.59 Å². The van der Waals surface area contributed by atoms with Crippen molar-refractivity contribution in [3.63, 3.8) is 0 Å². The lowest BCUT2D eigenvalue weighted by Crippen LogP contribution is -2.54. The Bertz CT molecular complexity index is 1350. The summed E-state index contributed by atoms with van der Waals surface area (Å²) in [5, 5.41) is 3.35. The van der Waals surface area contributed by atoms with Crippen LogP contribution in [-0.4, -0.2) is 55.1 Å². The van der Waals surface area contributed by atoms with Crippen LogP contribution in [0, 0.1) is 6.92 Å². The number of carbonyl (C=O) groups is 2. The number of amides is 2. The third kappa shape index (κ3) is 7.66. The smallest absolute Gasteiger partial charge is 0.243 e. The van der Waals surface area contributed by atoms with E-state index in [1.54, 1.807) is 0 Å². The highest BCUT2D eigenvalue weighted by atomic mass is 35.5. The van der Waals surface area contributed by atoms with E-state index in [1.165, 1.54) is 36.2 Å². The first-order chi connectivity index (χ1) is 18.0. The van der Waals surface area contributed by atoms with Crippen LogP contribution >= 0.6 is 11.6 Å². The lowest BCUT2D eigenvalue weighted by Gasteiger charge is -2.33. The zero-order valence-electron chi connectivity index (χ0n) is 22.1. The van der Waals surface area contributed by atoms with Gasteiger partial charge >= 0.3 is 0 Å². The molecule has 0 unspecified atom stereocenters. The van der Waals surface area contributed by atoms with Gasteiger partial charge in [-0.1, -0.05) is 66.2 Å². The molecule has 0 bridgehead atoms. The molecule has 0 fully saturated rings.